The molecule has 1 atom stereocenters. The molecule has 0 radical (unpaired) electrons. The summed E-state index contributed by atoms with van der Waals surface area (Å²) in [5.41, 5.74) is 6.84. The largest absolute Gasteiger partial charge is 0.492 e. The maximum atomic E-state index is 12.9. The van der Waals surface area contributed by atoms with Gasteiger partial charge in [0.1, 0.15) is 18.2 Å². The van der Waals surface area contributed by atoms with Crippen molar-refractivity contribution in [3.8, 4) is 5.75 Å². The molecule has 1 aromatic carbocycles. The van der Waals surface area contributed by atoms with Crippen LogP contribution in [0.2, 0.25) is 0 Å². The second-order valence-corrected chi connectivity index (χ2v) is 4.22. The minimum absolute atomic E-state index is 0.0904. The average molecular weight is 209 g/mol. The van der Waals surface area contributed by atoms with Crippen molar-refractivity contribution in [3.05, 3.63) is 29.6 Å². The molecule has 2 N–H and O–H groups in total. The molecule has 2 rings (SSSR count). The van der Waals surface area contributed by atoms with Gasteiger partial charge in [-0.3, -0.25) is 0 Å². The van der Waals surface area contributed by atoms with Crippen LogP contribution in [0, 0.1) is 18.7 Å². The van der Waals surface area contributed by atoms with Crippen molar-refractivity contribution in [2.24, 2.45) is 11.7 Å². The monoisotopic (exact) mass is 209 g/mol. The third-order valence-electron chi connectivity index (χ3n) is 2.81. The van der Waals surface area contributed by atoms with Crippen molar-refractivity contribution in [3.63, 3.8) is 0 Å². The summed E-state index contributed by atoms with van der Waals surface area (Å²) in [7, 11) is 0. The van der Waals surface area contributed by atoms with Crippen molar-refractivity contribution in [1.29, 1.82) is 0 Å². The van der Waals surface area contributed by atoms with E-state index >= 15 is 0 Å². The number of rotatable bonds is 4. The zero-order valence-electron chi connectivity index (χ0n) is 8.87. The van der Waals surface area contributed by atoms with E-state index in [-0.39, 0.29) is 11.9 Å². The Hall–Kier alpha value is -1.09. The lowest BCUT2D eigenvalue weighted by Crippen LogP contribution is -2.30. The Balaban J connectivity index is 1.94. The van der Waals surface area contributed by atoms with Gasteiger partial charge in [0.25, 0.3) is 0 Å². The highest BCUT2D eigenvalue weighted by Crippen LogP contribution is 2.32. The molecule has 0 spiro atoms. The molecule has 1 saturated carbocycles. The van der Waals surface area contributed by atoms with E-state index in [9.17, 15) is 4.39 Å². The van der Waals surface area contributed by atoms with Crippen LogP contribution in [0.15, 0.2) is 18.2 Å². The smallest absolute Gasteiger partial charge is 0.126 e. The Morgan fingerprint density at radius 2 is 2.27 bits per heavy atom. The lowest BCUT2D eigenvalue weighted by atomic mass is 10.2. The molecule has 2 nitrogen and oxygen atoms in total. The SMILES string of the molecule is Cc1ccc(F)cc1OCC(N)C1CC1. The molecule has 3 heteroatoms. The summed E-state index contributed by atoms with van der Waals surface area (Å²) >= 11 is 0. The lowest BCUT2D eigenvalue weighted by Gasteiger charge is -2.13. The summed E-state index contributed by atoms with van der Waals surface area (Å²) in [6.45, 7) is 2.38. The molecule has 0 bridgehead atoms. The van der Waals surface area contributed by atoms with Gasteiger partial charge >= 0.3 is 0 Å². The standard InChI is InChI=1S/C12H16FNO/c1-8-2-5-10(13)6-12(8)15-7-11(14)9-3-4-9/h2,5-6,9,11H,3-4,7,14H2,1H3. The number of hydrogen-bond acceptors (Lipinski definition) is 2. The van der Waals surface area contributed by atoms with E-state index in [0.29, 0.717) is 18.3 Å². The highest BCUT2D eigenvalue weighted by Gasteiger charge is 2.28. The van der Waals surface area contributed by atoms with E-state index in [1.165, 1.54) is 25.0 Å². The van der Waals surface area contributed by atoms with Crippen molar-refractivity contribution in [2.75, 3.05) is 6.61 Å². The first kappa shape index (κ1) is 10.4. The van der Waals surface area contributed by atoms with E-state index in [2.05, 4.69) is 0 Å². The third kappa shape index (κ3) is 2.69. The van der Waals surface area contributed by atoms with Crippen molar-refractivity contribution in [2.45, 2.75) is 25.8 Å². The van der Waals surface area contributed by atoms with Crippen LogP contribution < -0.4 is 10.5 Å². The first-order valence-electron chi connectivity index (χ1n) is 5.31. The molecule has 1 aliphatic rings. The van der Waals surface area contributed by atoms with E-state index in [1.54, 1.807) is 6.07 Å². The van der Waals surface area contributed by atoms with E-state index in [4.69, 9.17) is 10.5 Å². The zero-order chi connectivity index (χ0) is 10.8. The lowest BCUT2D eigenvalue weighted by molar-refractivity contribution is 0.273. The first-order valence-corrected chi connectivity index (χ1v) is 5.31. The van der Waals surface area contributed by atoms with Gasteiger partial charge in [-0.15, -0.1) is 0 Å². The van der Waals surface area contributed by atoms with Crippen LogP contribution in [0.5, 0.6) is 5.75 Å². The highest BCUT2D eigenvalue weighted by molar-refractivity contribution is 5.32. The quantitative estimate of drug-likeness (QED) is 0.825. The second-order valence-electron chi connectivity index (χ2n) is 4.22. The van der Waals surface area contributed by atoms with Gasteiger partial charge in [-0.05, 0) is 37.3 Å². The average Bonchev–Trinajstić information content (AvgIpc) is 3.02. The van der Waals surface area contributed by atoms with Crippen LogP contribution in [-0.4, -0.2) is 12.6 Å². The van der Waals surface area contributed by atoms with Crippen LogP contribution in [0.25, 0.3) is 0 Å². The molecule has 0 saturated heterocycles. The van der Waals surface area contributed by atoms with Crippen LogP contribution in [0.1, 0.15) is 18.4 Å². The van der Waals surface area contributed by atoms with Crippen molar-refractivity contribution < 1.29 is 9.13 Å². The fourth-order valence-electron chi connectivity index (χ4n) is 1.58. The maximum Gasteiger partial charge on any atom is 0.126 e. The second kappa shape index (κ2) is 4.19. The Morgan fingerprint density at radius 3 is 2.93 bits per heavy atom. The molecule has 0 heterocycles. The molecular weight excluding hydrogens is 193 g/mol. The summed E-state index contributed by atoms with van der Waals surface area (Å²) in [5, 5.41) is 0. The third-order valence-corrected chi connectivity index (χ3v) is 2.81. The van der Waals surface area contributed by atoms with E-state index in [1.807, 2.05) is 6.92 Å². The predicted octanol–water partition coefficient (Wildman–Crippen LogP) is 2.25. The number of ether oxygens (including phenoxy) is 1. The maximum absolute atomic E-state index is 12.9. The first-order chi connectivity index (χ1) is 7.16. The Kier molecular flexibility index (Phi) is 2.91. The van der Waals surface area contributed by atoms with Crippen LogP contribution >= 0.6 is 0 Å². The normalized spacial score (nSPS) is 17.5. The molecule has 0 aromatic heterocycles. The highest BCUT2D eigenvalue weighted by atomic mass is 19.1. The molecule has 0 amide bonds. The zero-order valence-corrected chi connectivity index (χ0v) is 8.87. The summed E-state index contributed by atoms with van der Waals surface area (Å²) in [5.74, 6) is 0.945. The molecule has 1 aliphatic carbocycles. The summed E-state index contributed by atoms with van der Waals surface area (Å²) in [4.78, 5) is 0. The van der Waals surface area contributed by atoms with Crippen LogP contribution in [0.3, 0.4) is 0 Å². The van der Waals surface area contributed by atoms with Crippen molar-refractivity contribution in [1.82, 2.24) is 0 Å². The molecule has 15 heavy (non-hydrogen) atoms. The van der Waals surface area contributed by atoms with Gasteiger partial charge in [0.2, 0.25) is 0 Å². The van der Waals surface area contributed by atoms with Gasteiger partial charge in [-0.2, -0.15) is 0 Å². The molecule has 1 unspecified atom stereocenters. The summed E-state index contributed by atoms with van der Waals surface area (Å²) in [6, 6.07) is 4.65. The van der Waals surface area contributed by atoms with Crippen molar-refractivity contribution >= 4 is 0 Å². The van der Waals surface area contributed by atoms with Gasteiger partial charge in [0.15, 0.2) is 0 Å². The van der Waals surface area contributed by atoms with Gasteiger partial charge in [0, 0.05) is 12.1 Å². The van der Waals surface area contributed by atoms with Gasteiger partial charge in [-0.25, -0.2) is 4.39 Å². The Labute approximate surface area is 89.2 Å². The molecule has 82 valence electrons. The summed E-state index contributed by atoms with van der Waals surface area (Å²) in [6.07, 6.45) is 2.40. The molecular formula is C12H16FNO. The number of aryl methyl sites for hydroxylation is 1. The van der Waals surface area contributed by atoms with Gasteiger partial charge in [0.05, 0.1) is 0 Å². The Bertz CT molecular complexity index is 349. The molecule has 1 fully saturated rings. The minimum Gasteiger partial charge on any atom is -0.492 e. The molecule has 1 aromatic rings. The predicted molar refractivity (Wildman–Crippen MR) is 57.3 cm³/mol. The van der Waals surface area contributed by atoms with E-state index in [0.717, 1.165) is 5.56 Å². The topological polar surface area (TPSA) is 35.2 Å². The van der Waals surface area contributed by atoms with E-state index < -0.39 is 0 Å². The Morgan fingerprint density at radius 1 is 1.53 bits per heavy atom. The van der Waals surface area contributed by atoms with Crippen LogP contribution in [0.4, 0.5) is 4.39 Å². The van der Waals surface area contributed by atoms with Crippen LogP contribution in [-0.2, 0) is 0 Å². The molecule has 0 aliphatic heterocycles. The number of nitrogens with two attached hydrogens (primary N) is 1. The summed E-state index contributed by atoms with van der Waals surface area (Å²) < 4.78 is 18.4. The fraction of sp³-hybridized carbons (Fsp3) is 0.500. The van der Waals surface area contributed by atoms with Gasteiger partial charge in [-0.1, -0.05) is 6.07 Å². The fourth-order valence-corrected chi connectivity index (χ4v) is 1.58. The van der Waals surface area contributed by atoms with Gasteiger partial charge < -0.3 is 10.5 Å². The number of benzene rings is 1. The minimum atomic E-state index is -0.268. The number of halogens is 1. The number of hydrogen-bond donors (Lipinski definition) is 1.